The van der Waals surface area contributed by atoms with Crippen LogP contribution in [0.15, 0.2) is 24.3 Å². The van der Waals surface area contributed by atoms with Crippen LogP contribution in [0.25, 0.3) is 0 Å². The number of rotatable bonds is 5. The Morgan fingerprint density at radius 2 is 1.95 bits per heavy atom. The van der Waals surface area contributed by atoms with Crippen molar-refractivity contribution in [3.05, 3.63) is 34.4 Å². The SMILES string of the molecule is O=[N+]([O-])c1ccccc1NCC1(CO)CCCCC1. The summed E-state index contributed by atoms with van der Waals surface area (Å²) in [7, 11) is 0. The van der Waals surface area contributed by atoms with Gasteiger partial charge in [-0.1, -0.05) is 31.4 Å². The maximum Gasteiger partial charge on any atom is 0.292 e. The monoisotopic (exact) mass is 264 g/mol. The Labute approximate surface area is 112 Å². The fourth-order valence-corrected chi connectivity index (χ4v) is 2.76. The standard InChI is InChI=1S/C14H20N2O3/c17-11-14(8-4-1-5-9-14)10-15-12-6-2-3-7-13(12)16(18)19/h2-3,6-7,15,17H,1,4-5,8-11H2. The molecule has 5 heteroatoms. The molecule has 0 spiro atoms. The first-order valence-electron chi connectivity index (χ1n) is 6.75. The van der Waals surface area contributed by atoms with Crippen LogP contribution in [0, 0.1) is 15.5 Å². The van der Waals surface area contributed by atoms with Gasteiger partial charge in [-0.2, -0.15) is 0 Å². The molecule has 1 saturated carbocycles. The van der Waals surface area contributed by atoms with Gasteiger partial charge in [-0.25, -0.2) is 0 Å². The molecule has 1 fully saturated rings. The maximum atomic E-state index is 10.9. The third kappa shape index (κ3) is 3.23. The van der Waals surface area contributed by atoms with E-state index in [1.165, 1.54) is 12.5 Å². The quantitative estimate of drug-likeness (QED) is 0.633. The summed E-state index contributed by atoms with van der Waals surface area (Å²) < 4.78 is 0. The summed E-state index contributed by atoms with van der Waals surface area (Å²) in [4.78, 5) is 10.6. The first-order valence-corrected chi connectivity index (χ1v) is 6.75. The van der Waals surface area contributed by atoms with Crippen molar-refractivity contribution >= 4 is 11.4 Å². The van der Waals surface area contributed by atoms with E-state index in [1.54, 1.807) is 18.2 Å². The Morgan fingerprint density at radius 3 is 2.58 bits per heavy atom. The topological polar surface area (TPSA) is 75.4 Å². The van der Waals surface area contributed by atoms with Crippen LogP contribution in [0.2, 0.25) is 0 Å². The van der Waals surface area contributed by atoms with Crippen LogP contribution in [0.3, 0.4) is 0 Å². The van der Waals surface area contributed by atoms with Gasteiger partial charge in [0.05, 0.1) is 11.5 Å². The van der Waals surface area contributed by atoms with Gasteiger partial charge in [0.25, 0.3) is 5.69 Å². The molecule has 0 atom stereocenters. The predicted molar refractivity (Wildman–Crippen MR) is 74.2 cm³/mol. The first-order chi connectivity index (χ1) is 9.17. The van der Waals surface area contributed by atoms with Crippen molar-refractivity contribution < 1.29 is 10.0 Å². The van der Waals surface area contributed by atoms with Crippen LogP contribution in [0.4, 0.5) is 11.4 Å². The third-order valence-corrected chi connectivity index (χ3v) is 4.00. The van der Waals surface area contributed by atoms with E-state index in [1.807, 2.05) is 0 Å². The Bertz CT molecular complexity index is 442. The lowest BCUT2D eigenvalue weighted by molar-refractivity contribution is -0.384. The normalized spacial score (nSPS) is 17.9. The van der Waals surface area contributed by atoms with Crippen molar-refractivity contribution in [2.75, 3.05) is 18.5 Å². The predicted octanol–water partition coefficient (Wildman–Crippen LogP) is 2.95. The molecule has 2 N–H and O–H groups in total. The average molecular weight is 264 g/mol. The van der Waals surface area contributed by atoms with Gasteiger partial charge in [0.2, 0.25) is 0 Å². The average Bonchev–Trinajstić information content (AvgIpc) is 2.46. The number of para-hydroxylation sites is 2. The maximum absolute atomic E-state index is 10.9. The largest absolute Gasteiger partial charge is 0.396 e. The van der Waals surface area contributed by atoms with Gasteiger partial charge in [-0.05, 0) is 18.9 Å². The third-order valence-electron chi connectivity index (χ3n) is 4.00. The zero-order valence-electron chi connectivity index (χ0n) is 11.0. The van der Waals surface area contributed by atoms with E-state index >= 15 is 0 Å². The Balaban J connectivity index is 2.07. The minimum absolute atomic E-state index is 0.0893. The Hall–Kier alpha value is -1.62. The molecule has 2 rings (SSSR count). The second-order valence-corrected chi connectivity index (χ2v) is 5.35. The molecule has 0 aromatic heterocycles. The molecule has 0 heterocycles. The van der Waals surface area contributed by atoms with Gasteiger partial charge >= 0.3 is 0 Å². The molecule has 0 radical (unpaired) electrons. The summed E-state index contributed by atoms with van der Waals surface area (Å²) in [6.07, 6.45) is 5.43. The van der Waals surface area contributed by atoms with Gasteiger partial charge < -0.3 is 10.4 Å². The smallest absolute Gasteiger partial charge is 0.292 e. The summed E-state index contributed by atoms with van der Waals surface area (Å²) in [6, 6.07) is 6.65. The fourth-order valence-electron chi connectivity index (χ4n) is 2.76. The molecular formula is C14H20N2O3. The molecule has 0 aliphatic heterocycles. The van der Waals surface area contributed by atoms with E-state index in [-0.39, 0.29) is 22.6 Å². The zero-order valence-corrected chi connectivity index (χ0v) is 11.0. The van der Waals surface area contributed by atoms with Crippen molar-refractivity contribution in [3.63, 3.8) is 0 Å². The first kappa shape index (κ1) is 13.8. The van der Waals surface area contributed by atoms with Gasteiger partial charge in [-0.3, -0.25) is 10.1 Å². The number of nitro groups is 1. The van der Waals surface area contributed by atoms with Gasteiger partial charge in [0, 0.05) is 18.0 Å². The number of aliphatic hydroxyl groups excluding tert-OH is 1. The number of nitrogens with one attached hydrogen (secondary N) is 1. The fraction of sp³-hybridized carbons (Fsp3) is 0.571. The minimum Gasteiger partial charge on any atom is -0.396 e. The minimum atomic E-state index is -0.380. The van der Waals surface area contributed by atoms with Crippen LogP contribution in [-0.2, 0) is 0 Å². The number of hydrogen-bond acceptors (Lipinski definition) is 4. The molecule has 1 aromatic rings. The van der Waals surface area contributed by atoms with Gasteiger partial charge in [0.15, 0.2) is 0 Å². The summed E-state index contributed by atoms with van der Waals surface area (Å²) in [6.45, 7) is 0.731. The Morgan fingerprint density at radius 1 is 1.26 bits per heavy atom. The lowest BCUT2D eigenvalue weighted by Crippen LogP contribution is -2.35. The van der Waals surface area contributed by atoms with Crippen LogP contribution in [-0.4, -0.2) is 23.2 Å². The molecule has 0 saturated heterocycles. The molecule has 0 bridgehead atoms. The van der Waals surface area contributed by atoms with Crippen molar-refractivity contribution in [1.82, 2.24) is 0 Å². The number of anilines is 1. The number of nitro benzene ring substituents is 1. The zero-order chi connectivity index (χ0) is 13.7. The van der Waals surface area contributed by atoms with E-state index in [2.05, 4.69) is 5.32 Å². The number of aliphatic hydroxyl groups is 1. The highest BCUT2D eigenvalue weighted by Gasteiger charge is 2.31. The van der Waals surface area contributed by atoms with Crippen molar-refractivity contribution in [2.45, 2.75) is 32.1 Å². The van der Waals surface area contributed by atoms with Gasteiger partial charge in [0.1, 0.15) is 5.69 Å². The van der Waals surface area contributed by atoms with Crippen molar-refractivity contribution in [2.24, 2.45) is 5.41 Å². The van der Waals surface area contributed by atoms with Crippen LogP contribution < -0.4 is 5.32 Å². The van der Waals surface area contributed by atoms with E-state index in [0.717, 1.165) is 25.7 Å². The van der Waals surface area contributed by atoms with Crippen molar-refractivity contribution in [3.8, 4) is 0 Å². The molecule has 19 heavy (non-hydrogen) atoms. The summed E-state index contributed by atoms with van der Waals surface area (Å²) in [5.74, 6) is 0. The second kappa shape index (κ2) is 6.02. The lowest BCUT2D eigenvalue weighted by atomic mass is 9.74. The highest BCUT2D eigenvalue weighted by Crippen LogP contribution is 2.36. The molecule has 0 amide bonds. The number of benzene rings is 1. The van der Waals surface area contributed by atoms with E-state index < -0.39 is 0 Å². The second-order valence-electron chi connectivity index (χ2n) is 5.35. The number of hydrogen-bond donors (Lipinski definition) is 2. The molecule has 5 nitrogen and oxygen atoms in total. The molecule has 1 aliphatic carbocycles. The molecule has 1 aromatic carbocycles. The summed E-state index contributed by atoms with van der Waals surface area (Å²) in [5.41, 5.74) is 0.499. The Kier molecular flexibility index (Phi) is 4.37. The molecule has 0 unspecified atom stereocenters. The van der Waals surface area contributed by atoms with Crippen molar-refractivity contribution in [1.29, 1.82) is 0 Å². The lowest BCUT2D eigenvalue weighted by Gasteiger charge is -2.35. The summed E-state index contributed by atoms with van der Waals surface area (Å²) in [5, 5.41) is 23.7. The highest BCUT2D eigenvalue weighted by molar-refractivity contribution is 5.61. The van der Waals surface area contributed by atoms with E-state index in [9.17, 15) is 15.2 Å². The van der Waals surface area contributed by atoms with Crippen LogP contribution in [0.5, 0.6) is 0 Å². The molecule has 1 aliphatic rings. The number of nitrogens with zero attached hydrogens (tertiary/aromatic N) is 1. The van der Waals surface area contributed by atoms with Gasteiger partial charge in [-0.15, -0.1) is 0 Å². The van der Waals surface area contributed by atoms with E-state index in [0.29, 0.717) is 12.2 Å². The van der Waals surface area contributed by atoms with Crippen LogP contribution >= 0.6 is 0 Å². The van der Waals surface area contributed by atoms with E-state index in [4.69, 9.17) is 0 Å². The van der Waals surface area contributed by atoms with Crippen LogP contribution in [0.1, 0.15) is 32.1 Å². The molecule has 104 valence electrons. The molecular weight excluding hydrogens is 244 g/mol. The highest BCUT2D eigenvalue weighted by atomic mass is 16.6. The summed E-state index contributed by atoms with van der Waals surface area (Å²) >= 11 is 0.